The number of hydrogen-bond donors (Lipinski definition) is 2. The van der Waals surface area contributed by atoms with E-state index in [9.17, 15) is 22.8 Å². The van der Waals surface area contributed by atoms with Gasteiger partial charge in [-0.2, -0.15) is 13.2 Å². The maximum absolute atomic E-state index is 12.8. The van der Waals surface area contributed by atoms with Crippen LogP contribution in [0.3, 0.4) is 0 Å². The lowest BCUT2D eigenvalue weighted by molar-refractivity contribution is -0.137. The lowest BCUT2D eigenvalue weighted by atomic mass is 10.1. The Labute approximate surface area is 169 Å². The number of nitrogens with one attached hydrogen (secondary N) is 2. The predicted molar refractivity (Wildman–Crippen MR) is 106 cm³/mol. The van der Waals surface area contributed by atoms with Crippen LogP contribution in [0.4, 0.5) is 18.9 Å². The standard InChI is InChI=1S/C21H17F3N2O2S/c22-21(23,24)16-4-1-3-15(12-16)20(28)26-17-8-6-14(7-9-17)11-19(27)25-13-18-5-2-10-29-18/h1-10,12H,11,13H2,(H,25,27)(H,26,28). The van der Waals surface area contributed by atoms with Crippen LogP contribution >= 0.6 is 11.3 Å². The summed E-state index contributed by atoms with van der Waals surface area (Å²) in [5.74, 6) is -0.767. The number of thiophene rings is 1. The fraction of sp³-hybridized carbons (Fsp3) is 0.143. The Balaban J connectivity index is 1.56. The molecule has 0 bridgehead atoms. The summed E-state index contributed by atoms with van der Waals surface area (Å²) in [5, 5.41) is 7.32. The summed E-state index contributed by atoms with van der Waals surface area (Å²) in [7, 11) is 0. The maximum atomic E-state index is 12.8. The van der Waals surface area contributed by atoms with E-state index in [-0.39, 0.29) is 17.9 Å². The summed E-state index contributed by atoms with van der Waals surface area (Å²) in [4.78, 5) is 25.3. The first-order valence-corrected chi connectivity index (χ1v) is 9.56. The molecule has 0 aliphatic rings. The number of halogens is 3. The van der Waals surface area contributed by atoms with Gasteiger partial charge in [0.2, 0.25) is 5.91 Å². The van der Waals surface area contributed by atoms with Crippen LogP contribution in [0.25, 0.3) is 0 Å². The van der Waals surface area contributed by atoms with Crippen LogP contribution in [0.15, 0.2) is 66.0 Å². The first-order valence-electron chi connectivity index (χ1n) is 8.68. The maximum Gasteiger partial charge on any atom is 0.416 e. The molecule has 0 spiro atoms. The van der Waals surface area contributed by atoms with Crippen molar-refractivity contribution in [2.75, 3.05) is 5.32 Å². The molecule has 0 saturated carbocycles. The normalized spacial score (nSPS) is 11.1. The first kappa shape index (κ1) is 20.6. The monoisotopic (exact) mass is 418 g/mol. The number of anilines is 1. The van der Waals surface area contributed by atoms with Crippen molar-refractivity contribution in [3.63, 3.8) is 0 Å². The number of alkyl halides is 3. The van der Waals surface area contributed by atoms with Crippen molar-refractivity contribution in [2.45, 2.75) is 19.1 Å². The first-order chi connectivity index (χ1) is 13.8. The van der Waals surface area contributed by atoms with Gasteiger partial charge in [-0.3, -0.25) is 9.59 Å². The minimum Gasteiger partial charge on any atom is -0.351 e. The molecule has 1 aromatic heterocycles. The summed E-state index contributed by atoms with van der Waals surface area (Å²) >= 11 is 1.56. The summed E-state index contributed by atoms with van der Waals surface area (Å²) in [6, 6.07) is 14.7. The third-order valence-electron chi connectivity index (χ3n) is 4.07. The minimum atomic E-state index is -4.51. The Morgan fingerprint density at radius 2 is 1.72 bits per heavy atom. The highest BCUT2D eigenvalue weighted by atomic mass is 32.1. The van der Waals surface area contributed by atoms with Crippen LogP contribution in [0.5, 0.6) is 0 Å². The van der Waals surface area contributed by atoms with Crippen molar-refractivity contribution >= 4 is 28.8 Å². The van der Waals surface area contributed by atoms with Crippen LogP contribution < -0.4 is 10.6 Å². The zero-order valence-electron chi connectivity index (χ0n) is 15.1. The highest BCUT2D eigenvalue weighted by Crippen LogP contribution is 2.29. The molecule has 0 saturated heterocycles. The average molecular weight is 418 g/mol. The van der Waals surface area contributed by atoms with Gasteiger partial charge in [0.15, 0.2) is 0 Å². The molecule has 0 unspecified atom stereocenters. The van der Waals surface area contributed by atoms with Crippen LogP contribution in [-0.4, -0.2) is 11.8 Å². The van der Waals surface area contributed by atoms with Crippen LogP contribution in [0.2, 0.25) is 0 Å². The fourth-order valence-electron chi connectivity index (χ4n) is 2.59. The van der Waals surface area contributed by atoms with E-state index in [1.54, 1.807) is 35.6 Å². The molecule has 150 valence electrons. The third kappa shape index (κ3) is 5.92. The van der Waals surface area contributed by atoms with Crippen LogP contribution in [0.1, 0.15) is 26.4 Å². The molecule has 0 fully saturated rings. The smallest absolute Gasteiger partial charge is 0.351 e. The van der Waals surface area contributed by atoms with E-state index in [0.29, 0.717) is 12.2 Å². The van der Waals surface area contributed by atoms with Gasteiger partial charge in [0.1, 0.15) is 0 Å². The minimum absolute atomic E-state index is 0.0862. The molecule has 3 rings (SSSR count). The highest BCUT2D eigenvalue weighted by Gasteiger charge is 2.30. The molecule has 29 heavy (non-hydrogen) atoms. The molecule has 0 atom stereocenters. The summed E-state index contributed by atoms with van der Waals surface area (Å²) < 4.78 is 38.3. The Kier molecular flexibility index (Phi) is 6.33. The van der Waals surface area contributed by atoms with Crippen molar-refractivity contribution in [3.05, 3.63) is 87.6 Å². The second-order valence-electron chi connectivity index (χ2n) is 6.26. The zero-order chi connectivity index (χ0) is 20.9. The number of rotatable bonds is 6. The molecule has 2 N–H and O–H groups in total. The van der Waals surface area contributed by atoms with Gasteiger partial charge in [-0.1, -0.05) is 24.3 Å². The Bertz CT molecular complexity index is 984. The Morgan fingerprint density at radius 3 is 2.38 bits per heavy atom. The van der Waals surface area contributed by atoms with Crippen molar-refractivity contribution in [1.82, 2.24) is 5.32 Å². The molecule has 4 nitrogen and oxygen atoms in total. The second kappa shape index (κ2) is 8.91. The Morgan fingerprint density at radius 1 is 0.966 bits per heavy atom. The van der Waals surface area contributed by atoms with Gasteiger partial charge in [0.05, 0.1) is 18.5 Å². The van der Waals surface area contributed by atoms with Gasteiger partial charge in [-0.25, -0.2) is 0 Å². The van der Waals surface area contributed by atoms with Gasteiger partial charge in [0, 0.05) is 16.1 Å². The number of hydrogen-bond acceptors (Lipinski definition) is 3. The lowest BCUT2D eigenvalue weighted by Gasteiger charge is -2.10. The number of amides is 2. The van der Waals surface area contributed by atoms with Gasteiger partial charge in [-0.05, 0) is 47.3 Å². The molecular formula is C21H17F3N2O2S. The van der Waals surface area contributed by atoms with E-state index in [2.05, 4.69) is 10.6 Å². The molecule has 2 aromatic carbocycles. The molecule has 0 radical (unpaired) electrons. The van der Waals surface area contributed by atoms with Gasteiger partial charge in [0.25, 0.3) is 5.91 Å². The van der Waals surface area contributed by atoms with Gasteiger partial charge < -0.3 is 10.6 Å². The van der Waals surface area contributed by atoms with Crippen LogP contribution in [0, 0.1) is 0 Å². The molecule has 2 amide bonds. The van der Waals surface area contributed by atoms with E-state index >= 15 is 0 Å². The number of benzene rings is 2. The van der Waals surface area contributed by atoms with Crippen LogP contribution in [-0.2, 0) is 23.9 Å². The van der Waals surface area contributed by atoms with E-state index in [1.807, 2.05) is 17.5 Å². The van der Waals surface area contributed by atoms with E-state index in [0.717, 1.165) is 22.6 Å². The number of carbonyl (C=O) groups is 2. The van der Waals surface area contributed by atoms with Crippen molar-refractivity contribution in [2.24, 2.45) is 0 Å². The third-order valence-corrected chi connectivity index (χ3v) is 4.94. The Hall–Kier alpha value is -3.13. The van der Waals surface area contributed by atoms with E-state index < -0.39 is 17.6 Å². The molecule has 1 heterocycles. The van der Waals surface area contributed by atoms with E-state index in [1.165, 1.54) is 12.1 Å². The van der Waals surface area contributed by atoms with E-state index in [4.69, 9.17) is 0 Å². The summed E-state index contributed by atoms with van der Waals surface area (Å²) in [6.07, 6.45) is -4.32. The van der Waals surface area contributed by atoms with Gasteiger partial charge >= 0.3 is 6.18 Å². The SMILES string of the molecule is O=C(Cc1ccc(NC(=O)c2cccc(C(F)(F)F)c2)cc1)NCc1cccs1. The summed E-state index contributed by atoms with van der Waals surface area (Å²) in [5.41, 5.74) is 0.215. The van der Waals surface area contributed by atoms with Crippen molar-refractivity contribution < 1.29 is 22.8 Å². The molecule has 0 aliphatic heterocycles. The zero-order valence-corrected chi connectivity index (χ0v) is 15.9. The average Bonchev–Trinajstić information content (AvgIpc) is 3.21. The molecule has 3 aromatic rings. The highest BCUT2D eigenvalue weighted by molar-refractivity contribution is 7.09. The fourth-order valence-corrected chi connectivity index (χ4v) is 3.24. The largest absolute Gasteiger partial charge is 0.416 e. The lowest BCUT2D eigenvalue weighted by Crippen LogP contribution is -2.24. The number of carbonyl (C=O) groups excluding carboxylic acids is 2. The van der Waals surface area contributed by atoms with Crippen molar-refractivity contribution in [3.8, 4) is 0 Å². The molecular weight excluding hydrogens is 401 g/mol. The molecule has 0 aliphatic carbocycles. The molecule has 8 heteroatoms. The predicted octanol–water partition coefficient (Wildman–Crippen LogP) is 4.88. The topological polar surface area (TPSA) is 58.2 Å². The van der Waals surface area contributed by atoms with Crippen molar-refractivity contribution in [1.29, 1.82) is 0 Å². The summed E-state index contributed by atoms with van der Waals surface area (Å²) in [6.45, 7) is 0.474. The second-order valence-corrected chi connectivity index (χ2v) is 7.29. The van der Waals surface area contributed by atoms with Gasteiger partial charge in [-0.15, -0.1) is 11.3 Å². The quantitative estimate of drug-likeness (QED) is 0.600.